The van der Waals surface area contributed by atoms with Gasteiger partial charge in [-0.25, -0.2) is 4.79 Å². The zero-order valence-electron chi connectivity index (χ0n) is 11.1. The normalized spacial score (nSPS) is 12.0. The predicted molar refractivity (Wildman–Crippen MR) is 66.8 cm³/mol. The van der Waals surface area contributed by atoms with Gasteiger partial charge in [0.1, 0.15) is 0 Å². The van der Waals surface area contributed by atoms with Gasteiger partial charge in [-0.15, -0.1) is 0 Å². The molecule has 4 N–H and O–H groups in total. The number of aromatic amines is 1. The molecule has 0 saturated carbocycles. The SMILES string of the molecule is Cc1n[nH]c(C)c1[C@H](C)N(C)C(=O)CNC(N)=O. The number of aromatic nitrogens is 2. The van der Waals surface area contributed by atoms with Crippen LogP contribution in [0.15, 0.2) is 0 Å². The Hall–Kier alpha value is -2.05. The first kappa shape index (κ1) is 14.0. The Balaban J connectivity index is 2.75. The van der Waals surface area contributed by atoms with E-state index in [9.17, 15) is 9.59 Å². The Labute approximate surface area is 106 Å². The van der Waals surface area contributed by atoms with E-state index in [1.54, 1.807) is 11.9 Å². The van der Waals surface area contributed by atoms with Crippen LogP contribution in [0.1, 0.15) is 29.9 Å². The highest BCUT2D eigenvalue weighted by Gasteiger charge is 2.22. The van der Waals surface area contributed by atoms with Gasteiger partial charge in [-0.3, -0.25) is 9.89 Å². The third-order valence-corrected chi connectivity index (χ3v) is 2.99. The maximum absolute atomic E-state index is 11.8. The molecule has 0 radical (unpaired) electrons. The van der Waals surface area contributed by atoms with Gasteiger partial charge in [0, 0.05) is 18.3 Å². The van der Waals surface area contributed by atoms with Crippen LogP contribution in [0.2, 0.25) is 0 Å². The second-order valence-electron chi connectivity index (χ2n) is 4.25. The van der Waals surface area contributed by atoms with E-state index >= 15 is 0 Å². The lowest BCUT2D eigenvalue weighted by Gasteiger charge is -2.25. The monoisotopic (exact) mass is 253 g/mol. The van der Waals surface area contributed by atoms with Gasteiger partial charge in [-0.1, -0.05) is 0 Å². The van der Waals surface area contributed by atoms with Crippen molar-refractivity contribution < 1.29 is 9.59 Å². The van der Waals surface area contributed by atoms with Crippen molar-refractivity contribution in [1.29, 1.82) is 0 Å². The van der Waals surface area contributed by atoms with E-state index in [4.69, 9.17) is 5.73 Å². The van der Waals surface area contributed by atoms with E-state index in [-0.39, 0.29) is 18.5 Å². The number of nitrogens with one attached hydrogen (secondary N) is 2. The molecular formula is C11H19N5O2. The van der Waals surface area contributed by atoms with Crippen LogP contribution in [0.3, 0.4) is 0 Å². The Kier molecular flexibility index (Phi) is 4.30. The summed E-state index contributed by atoms with van der Waals surface area (Å²) in [6, 6.07) is -0.828. The fraction of sp³-hybridized carbons (Fsp3) is 0.545. The van der Waals surface area contributed by atoms with E-state index in [2.05, 4.69) is 15.5 Å². The van der Waals surface area contributed by atoms with Crippen LogP contribution >= 0.6 is 0 Å². The van der Waals surface area contributed by atoms with Crippen molar-refractivity contribution in [3.63, 3.8) is 0 Å². The number of amides is 3. The van der Waals surface area contributed by atoms with Gasteiger partial charge in [0.25, 0.3) is 0 Å². The number of urea groups is 1. The van der Waals surface area contributed by atoms with Crippen molar-refractivity contribution in [3.8, 4) is 0 Å². The summed E-state index contributed by atoms with van der Waals surface area (Å²) in [4.78, 5) is 23.9. The van der Waals surface area contributed by atoms with E-state index in [0.717, 1.165) is 17.0 Å². The molecule has 0 aromatic carbocycles. The van der Waals surface area contributed by atoms with E-state index in [1.165, 1.54) is 0 Å². The van der Waals surface area contributed by atoms with Crippen LogP contribution < -0.4 is 11.1 Å². The van der Waals surface area contributed by atoms with Crippen LogP contribution in [-0.2, 0) is 4.79 Å². The van der Waals surface area contributed by atoms with Crippen LogP contribution in [0.25, 0.3) is 0 Å². The molecule has 0 unspecified atom stereocenters. The van der Waals surface area contributed by atoms with E-state index in [1.807, 2.05) is 20.8 Å². The molecule has 18 heavy (non-hydrogen) atoms. The van der Waals surface area contributed by atoms with Gasteiger partial charge in [0.05, 0.1) is 18.3 Å². The maximum Gasteiger partial charge on any atom is 0.312 e. The third-order valence-electron chi connectivity index (χ3n) is 2.99. The van der Waals surface area contributed by atoms with E-state index < -0.39 is 6.03 Å². The molecule has 1 heterocycles. The zero-order valence-corrected chi connectivity index (χ0v) is 11.1. The Morgan fingerprint density at radius 2 is 2.11 bits per heavy atom. The van der Waals surface area contributed by atoms with E-state index in [0.29, 0.717) is 0 Å². The Morgan fingerprint density at radius 3 is 2.56 bits per heavy atom. The molecule has 0 aliphatic rings. The number of nitrogens with zero attached hydrogens (tertiary/aromatic N) is 2. The Bertz CT molecular complexity index is 435. The quantitative estimate of drug-likeness (QED) is 0.714. The lowest BCUT2D eigenvalue weighted by Crippen LogP contribution is -2.41. The van der Waals surface area contributed by atoms with Gasteiger partial charge in [0.15, 0.2) is 0 Å². The summed E-state index contributed by atoms with van der Waals surface area (Å²) in [6.07, 6.45) is 0. The molecule has 0 aliphatic carbocycles. The molecule has 7 heteroatoms. The molecule has 0 aliphatic heterocycles. The lowest BCUT2D eigenvalue weighted by atomic mass is 10.1. The van der Waals surface area contributed by atoms with Crippen molar-refractivity contribution >= 4 is 11.9 Å². The summed E-state index contributed by atoms with van der Waals surface area (Å²) in [5.74, 6) is -0.207. The molecule has 0 bridgehead atoms. The largest absolute Gasteiger partial charge is 0.352 e. The van der Waals surface area contributed by atoms with Gasteiger partial charge in [-0.2, -0.15) is 5.10 Å². The summed E-state index contributed by atoms with van der Waals surface area (Å²) in [5.41, 5.74) is 7.71. The van der Waals surface area contributed by atoms with Crippen LogP contribution in [0.4, 0.5) is 4.79 Å². The molecule has 1 aromatic rings. The van der Waals surface area contributed by atoms with Crippen molar-refractivity contribution in [2.75, 3.05) is 13.6 Å². The minimum absolute atomic E-state index is 0.105. The molecular weight excluding hydrogens is 234 g/mol. The number of hydrogen-bond donors (Lipinski definition) is 3. The van der Waals surface area contributed by atoms with Crippen molar-refractivity contribution in [2.24, 2.45) is 5.73 Å². The fourth-order valence-electron chi connectivity index (χ4n) is 1.87. The number of likely N-dealkylation sites (N-methyl/N-ethyl adjacent to an activating group) is 1. The van der Waals surface area contributed by atoms with Gasteiger partial charge in [-0.05, 0) is 20.8 Å². The van der Waals surface area contributed by atoms with Crippen LogP contribution in [-0.4, -0.2) is 40.6 Å². The average molecular weight is 253 g/mol. The highest BCUT2D eigenvalue weighted by Crippen LogP contribution is 2.23. The molecule has 1 aromatic heterocycles. The smallest absolute Gasteiger partial charge is 0.312 e. The van der Waals surface area contributed by atoms with Gasteiger partial charge >= 0.3 is 6.03 Å². The Morgan fingerprint density at radius 1 is 1.50 bits per heavy atom. The number of primary amides is 1. The van der Waals surface area contributed by atoms with Crippen molar-refractivity contribution in [2.45, 2.75) is 26.8 Å². The second kappa shape index (κ2) is 5.52. The fourth-order valence-corrected chi connectivity index (χ4v) is 1.87. The summed E-state index contributed by atoms with van der Waals surface area (Å²) in [6.45, 7) is 5.60. The third kappa shape index (κ3) is 2.99. The number of aryl methyl sites for hydroxylation is 2. The molecule has 1 atom stereocenters. The topological polar surface area (TPSA) is 104 Å². The first-order chi connectivity index (χ1) is 8.34. The van der Waals surface area contributed by atoms with Crippen LogP contribution in [0.5, 0.6) is 0 Å². The molecule has 1 rings (SSSR count). The average Bonchev–Trinajstić information content (AvgIpc) is 2.64. The highest BCUT2D eigenvalue weighted by molar-refractivity contribution is 5.83. The number of carbonyl (C=O) groups is 2. The van der Waals surface area contributed by atoms with Gasteiger partial charge < -0.3 is 16.0 Å². The van der Waals surface area contributed by atoms with Gasteiger partial charge in [0.2, 0.25) is 5.91 Å². The number of H-pyrrole nitrogens is 1. The number of carbonyl (C=O) groups excluding carboxylic acids is 2. The summed E-state index contributed by atoms with van der Waals surface area (Å²) >= 11 is 0. The number of hydrogen-bond acceptors (Lipinski definition) is 3. The standard InChI is InChI=1S/C11H19N5O2/c1-6-10(7(2)15-14-6)8(3)16(4)9(17)5-13-11(12)18/h8H,5H2,1-4H3,(H,14,15)(H3,12,13,18)/t8-/m0/s1. The van der Waals surface area contributed by atoms with Crippen molar-refractivity contribution in [1.82, 2.24) is 20.4 Å². The predicted octanol–water partition coefficient (Wildman–Crippen LogP) is 0.214. The highest BCUT2D eigenvalue weighted by atomic mass is 16.2. The van der Waals surface area contributed by atoms with Crippen LogP contribution in [0, 0.1) is 13.8 Å². The maximum atomic E-state index is 11.8. The minimum atomic E-state index is -0.708. The number of nitrogens with two attached hydrogens (primary N) is 1. The molecule has 100 valence electrons. The first-order valence-electron chi connectivity index (χ1n) is 5.65. The molecule has 0 fully saturated rings. The molecule has 7 nitrogen and oxygen atoms in total. The zero-order chi connectivity index (χ0) is 13.9. The van der Waals surface area contributed by atoms with Crippen molar-refractivity contribution in [3.05, 3.63) is 17.0 Å². The number of rotatable bonds is 4. The molecule has 0 spiro atoms. The lowest BCUT2D eigenvalue weighted by molar-refractivity contribution is -0.130. The summed E-state index contributed by atoms with van der Waals surface area (Å²) in [5, 5.41) is 9.26. The molecule has 0 saturated heterocycles. The first-order valence-corrected chi connectivity index (χ1v) is 5.65. The summed E-state index contributed by atoms with van der Waals surface area (Å²) in [7, 11) is 1.68. The molecule has 3 amide bonds. The second-order valence-corrected chi connectivity index (χ2v) is 4.25. The summed E-state index contributed by atoms with van der Waals surface area (Å²) < 4.78 is 0. The minimum Gasteiger partial charge on any atom is -0.352 e.